The number of furan rings is 1. The van der Waals surface area contributed by atoms with E-state index >= 15 is 0 Å². The summed E-state index contributed by atoms with van der Waals surface area (Å²) < 4.78 is 5.22. The van der Waals surface area contributed by atoms with Crippen LogP contribution in [0.5, 0.6) is 0 Å². The lowest BCUT2D eigenvalue weighted by Crippen LogP contribution is -2.42. The average molecular weight is 508 g/mol. The molecule has 0 aliphatic carbocycles. The Labute approximate surface area is 209 Å². The lowest BCUT2D eigenvalue weighted by Gasteiger charge is -2.25. The third-order valence-corrected chi connectivity index (χ3v) is 7.15. The van der Waals surface area contributed by atoms with Gasteiger partial charge < -0.3 is 15.1 Å². The third-order valence-electron chi connectivity index (χ3n) is 5.34. The van der Waals surface area contributed by atoms with E-state index in [0.29, 0.717) is 34.6 Å². The van der Waals surface area contributed by atoms with Crippen molar-refractivity contribution in [1.82, 2.24) is 15.5 Å². The first-order valence-corrected chi connectivity index (χ1v) is 12.8. The van der Waals surface area contributed by atoms with E-state index in [-0.39, 0.29) is 36.4 Å². The first-order valence-electron chi connectivity index (χ1n) is 10.9. The molecule has 9 nitrogen and oxygen atoms in total. The van der Waals surface area contributed by atoms with Crippen molar-refractivity contribution in [2.24, 2.45) is 9.98 Å². The number of carbonyl (C=O) groups excluding carboxylic acids is 3. The molecule has 0 saturated heterocycles. The van der Waals surface area contributed by atoms with Crippen molar-refractivity contribution in [1.29, 1.82) is 0 Å². The number of nitrogens with zero attached hydrogens (tertiary/aromatic N) is 3. The second kappa shape index (κ2) is 10.3. The maximum atomic E-state index is 13.3. The number of hydrogen-bond donors (Lipinski definition) is 2. The Bertz CT molecular complexity index is 1300. The zero-order valence-corrected chi connectivity index (χ0v) is 20.1. The molecule has 1 aromatic carbocycles. The molecule has 2 aliphatic heterocycles. The molecule has 11 heteroatoms. The highest BCUT2D eigenvalue weighted by Crippen LogP contribution is 2.34. The summed E-state index contributed by atoms with van der Waals surface area (Å²) in [6, 6.07) is 13.9. The van der Waals surface area contributed by atoms with Gasteiger partial charge in [-0.05, 0) is 35.7 Å². The van der Waals surface area contributed by atoms with Gasteiger partial charge in [-0.2, -0.15) is 0 Å². The molecule has 2 N–H and O–H groups in total. The molecule has 1 atom stereocenters. The number of amidine groups is 2. The number of rotatable bonds is 8. The molecule has 0 unspecified atom stereocenters. The molecule has 5 rings (SSSR count). The summed E-state index contributed by atoms with van der Waals surface area (Å²) in [6.07, 6.45) is 1.48. The molecule has 3 amide bonds. The van der Waals surface area contributed by atoms with Crippen molar-refractivity contribution in [3.8, 4) is 0 Å². The second-order valence-electron chi connectivity index (χ2n) is 7.76. The van der Waals surface area contributed by atoms with E-state index in [1.807, 2.05) is 41.8 Å². The SMILES string of the molecule is O=C(CSC1=Nc2ccccc2C2=N[C@H](CC(=O)NCc3cccs3)C(=O)N12)NCc1ccco1. The van der Waals surface area contributed by atoms with Crippen molar-refractivity contribution < 1.29 is 18.8 Å². The minimum absolute atomic E-state index is 0.0603. The number of thioether (sulfide) groups is 1. The van der Waals surface area contributed by atoms with Crippen molar-refractivity contribution >= 4 is 57.5 Å². The molecular formula is C24H21N5O4S2. The highest BCUT2D eigenvalue weighted by Gasteiger charge is 2.42. The number of para-hydroxylation sites is 1. The van der Waals surface area contributed by atoms with Crippen molar-refractivity contribution in [2.45, 2.75) is 25.6 Å². The van der Waals surface area contributed by atoms with Gasteiger partial charge in [0.1, 0.15) is 17.6 Å². The summed E-state index contributed by atoms with van der Waals surface area (Å²) in [5.41, 5.74) is 1.38. The Morgan fingerprint density at radius 1 is 1.06 bits per heavy atom. The third kappa shape index (κ3) is 5.20. The van der Waals surface area contributed by atoms with Gasteiger partial charge in [-0.15, -0.1) is 11.3 Å². The second-order valence-corrected chi connectivity index (χ2v) is 9.73. The van der Waals surface area contributed by atoms with Gasteiger partial charge in [0.2, 0.25) is 11.8 Å². The zero-order valence-electron chi connectivity index (χ0n) is 18.5. The Morgan fingerprint density at radius 2 is 1.91 bits per heavy atom. The fourth-order valence-electron chi connectivity index (χ4n) is 3.66. The van der Waals surface area contributed by atoms with Gasteiger partial charge in [-0.1, -0.05) is 30.0 Å². The molecule has 0 saturated carbocycles. The van der Waals surface area contributed by atoms with E-state index in [1.54, 1.807) is 29.7 Å². The summed E-state index contributed by atoms with van der Waals surface area (Å²) in [4.78, 5) is 49.8. The van der Waals surface area contributed by atoms with Gasteiger partial charge in [0.05, 0.1) is 37.2 Å². The van der Waals surface area contributed by atoms with Gasteiger partial charge >= 0.3 is 0 Å². The van der Waals surface area contributed by atoms with Gasteiger partial charge in [0.25, 0.3) is 5.91 Å². The summed E-state index contributed by atoms with van der Waals surface area (Å²) in [7, 11) is 0. The predicted molar refractivity (Wildman–Crippen MR) is 135 cm³/mol. The number of amides is 3. The standard InChI is InChI=1S/C24H21N5O4S2/c30-20(26-13-16-6-4-10-34-16)11-19-23(32)29-22(27-19)17-7-1-2-8-18(17)28-24(29)35-14-21(31)25-12-15-5-3-9-33-15/h1-10,19H,11-14H2,(H,25,31)(H,26,30)/t19-/m1/s1. The van der Waals surface area contributed by atoms with E-state index in [4.69, 9.17) is 4.42 Å². The minimum atomic E-state index is -0.849. The topological polar surface area (TPSA) is 116 Å². The van der Waals surface area contributed by atoms with Crippen LogP contribution in [0.3, 0.4) is 0 Å². The van der Waals surface area contributed by atoms with Crippen LogP contribution in [-0.4, -0.2) is 45.4 Å². The van der Waals surface area contributed by atoms with E-state index < -0.39 is 6.04 Å². The van der Waals surface area contributed by atoms with E-state index in [0.717, 1.165) is 16.6 Å². The molecule has 35 heavy (non-hydrogen) atoms. The lowest BCUT2D eigenvalue weighted by molar-refractivity contribution is -0.128. The average Bonchev–Trinajstić information content (AvgIpc) is 3.63. The largest absolute Gasteiger partial charge is 0.467 e. The number of aliphatic imine (C=N–C) groups is 2. The van der Waals surface area contributed by atoms with Crippen LogP contribution in [-0.2, 0) is 27.5 Å². The summed E-state index contributed by atoms with van der Waals surface area (Å²) in [5, 5.41) is 7.93. The molecule has 0 fully saturated rings. The van der Waals surface area contributed by atoms with E-state index in [1.165, 1.54) is 4.90 Å². The number of carbonyl (C=O) groups is 3. The molecule has 0 spiro atoms. The molecule has 3 aromatic rings. The Balaban J connectivity index is 1.27. The van der Waals surface area contributed by atoms with Crippen LogP contribution in [0.1, 0.15) is 22.6 Å². The molecular weight excluding hydrogens is 486 g/mol. The van der Waals surface area contributed by atoms with Crippen LogP contribution in [0.4, 0.5) is 5.69 Å². The van der Waals surface area contributed by atoms with Crippen molar-refractivity contribution in [3.63, 3.8) is 0 Å². The fraction of sp³-hybridized carbons (Fsp3) is 0.208. The summed E-state index contributed by atoms with van der Waals surface area (Å²) in [5.74, 6) is 0.361. The monoisotopic (exact) mass is 507 g/mol. The highest BCUT2D eigenvalue weighted by atomic mass is 32.2. The maximum Gasteiger partial charge on any atom is 0.259 e. The smallest absolute Gasteiger partial charge is 0.259 e. The summed E-state index contributed by atoms with van der Waals surface area (Å²) >= 11 is 2.70. The Hall–Kier alpha value is -3.70. The van der Waals surface area contributed by atoms with Gasteiger partial charge in [0.15, 0.2) is 5.17 Å². The number of hydrogen-bond acceptors (Lipinski definition) is 8. The normalized spacial score (nSPS) is 16.3. The van der Waals surface area contributed by atoms with E-state index in [9.17, 15) is 14.4 Å². The van der Waals surface area contributed by atoms with Crippen LogP contribution in [0.15, 0.2) is 74.6 Å². The minimum Gasteiger partial charge on any atom is -0.467 e. The van der Waals surface area contributed by atoms with E-state index in [2.05, 4.69) is 20.6 Å². The predicted octanol–water partition coefficient (Wildman–Crippen LogP) is 3.06. The van der Waals surface area contributed by atoms with Crippen LogP contribution in [0.25, 0.3) is 0 Å². The number of nitrogens with one attached hydrogen (secondary N) is 2. The quantitative estimate of drug-likeness (QED) is 0.486. The Kier molecular flexibility index (Phi) is 6.77. The zero-order chi connectivity index (χ0) is 24.2. The first-order chi connectivity index (χ1) is 17.1. The molecule has 4 heterocycles. The van der Waals surface area contributed by atoms with Crippen molar-refractivity contribution in [2.75, 3.05) is 5.75 Å². The number of benzene rings is 1. The van der Waals surface area contributed by atoms with Gasteiger partial charge in [-0.3, -0.25) is 19.4 Å². The molecule has 0 bridgehead atoms. The van der Waals surface area contributed by atoms with Gasteiger partial charge in [-0.25, -0.2) is 9.89 Å². The fourth-order valence-corrected chi connectivity index (χ4v) is 5.13. The molecule has 0 radical (unpaired) electrons. The maximum absolute atomic E-state index is 13.3. The number of thiophene rings is 1. The molecule has 178 valence electrons. The summed E-state index contributed by atoms with van der Waals surface area (Å²) in [6.45, 7) is 0.690. The van der Waals surface area contributed by atoms with Gasteiger partial charge in [0, 0.05) is 10.4 Å². The first kappa shape index (κ1) is 23.1. The lowest BCUT2D eigenvalue weighted by atomic mass is 10.1. The Morgan fingerprint density at radius 3 is 2.71 bits per heavy atom. The van der Waals surface area contributed by atoms with Crippen LogP contribution >= 0.6 is 23.1 Å². The van der Waals surface area contributed by atoms with Crippen LogP contribution in [0, 0.1) is 0 Å². The van der Waals surface area contributed by atoms with Crippen LogP contribution in [0.2, 0.25) is 0 Å². The highest BCUT2D eigenvalue weighted by molar-refractivity contribution is 8.14. The number of fused-ring (bicyclic) bond motifs is 3. The molecule has 2 aromatic heterocycles. The van der Waals surface area contributed by atoms with Crippen molar-refractivity contribution in [3.05, 3.63) is 76.4 Å². The molecule has 2 aliphatic rings. The van der Waals surface area contributed by atoms with Crippen LogP contribution < -0.4 is 10.6 Å².